The van der Waals surface area contributed by atoms with Crippen molar-refractivity contribution in [3.05, 3.63) is 83.4 Å². The fourth-order valence-corrected chi connectivity index (χ4v) is 2.96. The monoisotopic (exact) mass is 331 g/mol. The minimum atomic E-state index is -0.576. The number of nitrogens with zero attached hydrogens (tertiary/aromatic N) is 1. The average Bonchev–Trinajstić information content (AvgIpc) is 2.90. The number of esters is 1. The third kappa shape index (κ3) is 2.46. The van der Waals surface area contributed by atoms with E-state index in [1.54, 1.807) is 36.4 Å². The highest BCUT2D eigenvalue weighted by Gasteiger charge is 2.35. The molecule has 1 heterocycles. The largest absolute Gasteiger partial charge is 0.440 e. The first-order valence-electron chi connectivity index (χ1n) is 7.77. The van der Waals surface area contributed by atoms with Gasteiger partial charge in [-0.3, -0.25) is 9.59 Å². The Morgan fingerprint density at radius 1 is 0.800 bits per heavy atom. The first-order chi connectivity index (χ1) is 12.2. The molecule has 0 saturated carbocycles. The molecule has 3 aromatic carbocycles. The van der Waals surface area contributed by atoms with E-state index in [0.29, 0.717) is 16.7 Å². The molecule has 0 fully saturated rings. The van der Waals surface area contributed by atoms with E-state index in [1.807, 2.05) is 30.3 Å². The van der Waals surface area contributed by atoms with Crippen molar-refractivity contribution in [3.8, 4) is 0 Å². The molecule has 4 rings (SSSR count). The van der Waals surface area contributed by atoms with Crippen molar-refractivity contribution >= 4 is 28.6 Å². The maximum absolute atomic E-state index is 12.4. The highest BCUT2D eigenvalue weighted by Crippen LogP contribution is 2.23. The molecule has 0 atom stereocenters. The normalized spacial score (nSPS) is 13.2. The minimum absolute atomic E-state index is 0.328. The van der Waals surface area contributed by atoms with Crippen LogP contribution in [0.1, 0.15) is 31.1 Å². The molecule has 5 nitrogen and oxygen atoms in total. The zero-order valence-corrected chi connectivity index (χ0v) is 13.1. The van der Waals surface area contributed by atoms with Crippen molar-refractivity contribution in [2.24, 2.45) is 0 Å². The van der Waals surface area contributed by atoms with Crippen LogP contribution in [0.3, 0.4) is 0 Å². The van der Waals surface area contributed by atoms with Gasteiger partial charge in [-0.25, -0.2) is 9.69 Å². The SMILES string of the molecule is O=C(OCN1C(=O)c2ccccc2C1=O)c1cccc2ccccc12. The zero-order chi connectivity index (χ0) is 17.4. The summed E-state index contributed by atoms with van der Waals surface area (Å²) in [5.41, 5.74) is 1.05. The predicted octanol–water partition coefficient (Wildman–Crippen LogP) is 3.25. The van der Waals surface area contributed by atoms with E-state index in [-0.39, 0.29) is 0 Å². The molecule has 3 aromatic rings. The Morgan fingerprint density at radius 3 is 2.12 bits per heavy atom. The van der Waals surface area contributed by atoms with Crippen LogP contribution in [0.5, 0.6) is 0 Å². The highest BCUT2D eigenvalue weighted by molar-refractivity contribution is 6.21. The summed E-state index contributed by atoms with van der Waals surface area (Å²) in [6, 6.07) is 19.3. The van der Waals surface area contributed by atoms with Gasteiger partial charge in [0.05, 0.1) is 16.7 Å². The highest BCUT2D eigenvalue weighted by atomic mass is 16.5. The lowest BCUT2D eigenvalue weighted by atomic mass is 10.1. The van der Waals surface area contributed by atoms with Crippen LogP contribution in [0.25, 0.3) is 10.8 Å². The summed E-state index contributed by atoms with van der Waals surface area (Å²) in [6.45, 7) is -0.408. The number of rotatable bonds is 3. The molecule has 0 saturated heterocycles. The summed E-state index contributed by atoms with van der Waals surface area (Å²) in [5, 5.41) is 1.68. The van der Waals surface area contributed by atoms with Gasteiger partial charge >= 0.3 is 5.97 Å². The third-order valence-electron chi connectivity index (χ3n) is 4.21. The number of hydrogen-bond acceptors (Lipinski definition) is 4. The Kier molecular flexibility index (Phi) is 3.54. The maximum atomic E-state index is 12.4. The van der Waals surface area contributed by atoms with Crippen LogP contribution in [0, 0.1) is 0 Å². The summed E-state index contributed by atoms with van der Waals surface area (Å²) in [4.78, 5) is 37.9. The third-order valence-corrected chi connectivity index (χ3v) is 4.21. The Bertz CT molecular complexity index is 985. The first kappa shape index (κ1) is 15.1. The van der Waals surface area contributed by atoms with Gasteiger partial charge in [0.15, 0.2) is 6.73 Å². The Balaban J connectivity index is 1.55. The Morgan fingerprint density at radius 2 is 1.40 bits per heavy atom. The van der Waals surface area contributed by atoms with E-state index in [0.717, 1.165) is 15.7 Å². The van der Waals surface area contributed by atoms with Gasteiger partial charge in [-0.15, -0.1) is 0 Å². The molecule has 0 radical (unpaired) electrons. The van der Waals surface area contributed by atoms with Gasteiger partial charge in [-0.2, -0.15) is 0 Å². The number of carbonyl (C=O) groups is 3. The van der Waals surface area contributed by atoms with E-state index in [1.165, 1.54) is 0 Å². The summed E-state index contributed by atoms with van der Waals surface area (Å²) in [5.74, 6) is -1.48. The molecule has 0 aromatic heterocycles. The number of fused-ring (bicyclic) bond motifs is 2. The second-order valence-corrected chi connectivity index (χ2v) is 5.67. The van der Waals surface area contributed by atoms with Gasteiger partial charge in [-0.05, 0) is 29.0 Å². The molecule has 0 spiro atoms. The second-order valence-electron chi connectivity index (χ2n) is 5.67. The van der Waals surface area contributed by atoms with Crippen LogP contribution in [0.4, 0.5) is 0 Å². The van der Waals surface area contributed by atoms with Gasteiger partial charge in [-0.1, -0.05) is 48.5 Å². The van der Waals surface area contributed by atoms with Crippen LogP contribution < -0.4 is 0 Å². The quantitative estimate of drug-likeness (QED) is 0.546. The molecule has 122 valence electrons. The van der Waals surface area contributed by atoms with Crippen molar-refractivity contribution in [2.75, 3.05) is 6.73 Å². The van der Waals surface area contributed by atoms with Crippen LogP contribution in [-0.4, -0.2) is 29.4 Å². The zero-order valence-electron chi connectivity index (χ0n) is 13.1. The molecule has 0 unspecified atom stereocenters. The van der Waals surface area contributed by atoms with Crippen LogP contribution in [-0.2, 0) is 4.74 Å². The van der Waals surface area contributed by atoms with Gasteiger partial charge in [0.2, 0.25) is 0 Å². The van der Waals surface area contributed by atoms with E-state index in [4.69, 9.17) is 4.74 Å². The van der Waals surface area contributed by atoms with Gasteiger partial charge in [0, 0.05) is 0 Å². The molecule has 25 heavy (non-hydrogen) atoms. The van der Waals surface area contributed by atoms with Crippen LogP contribution in [0.15, 0.2) is 66.7 Å². The summed E-state index contributed by atoms with van der Waals surface area (Å²) in [6.07, 6.45) is 0. The molecule has 2 amide bonds. The van der Waals surface area contributed by atoms with E-state index in [9.17, 15) is 14.4 Å². The standard InChI is InChI=1S/C20H13NO4/c22-18-15-9-3-4-10-16(15)19(23)21(18)12-25-20(24)17-11-5-7-13-6-1-2-8-14(13)17/h1-11H,12H2. The molecule has 1 aliphatic heterocycles. The molecule has 1 aliphatic rings. The van der Waals surface area contributed by atoms with Crippen molar-refractivity contribution < 1.29 is 19.1 Å². The summed E-state index contributed by atoms with van der Waals surface area (Å²) < 4.78 is 5.24. The maximum Gasteiger partial charge on any atom is 0.340 e. The van der Waals surface area contributed by atoms with Gasteiger partial charge in [0.1, 0.15) is 0 Å². The fraction of sp³-hybridized carbons (Fsp3) is 0.0500. The first-order valence-corrected chi connectivity index (χ1v) is 7.77. The van der Waals surface area contributed by atoms with E-state index in [2.05, 4.69) is 0 Å². The van der Waals surface area contributed by atoms with Crippen molar-refractivity contribution in [1.82, 2.24) is 4.90 Å². The molecule has 5 heteroatoms. The number of hydrogen-bond donors (Lipinski definition) is 0. The molecule has 0 bridgehead atoms. The van der Waals surface area contributed by atoms with Gasteiger partial charge in [0.25, 0.3) is 11.8 Å². The second kappa shape index (κ2) is 5.87. The average molecular weight is 331 g/mol. The molecule has 0 aliphatic carbocycles. The Hall–Kier alpha value is -3.47. The number of ether oxygens (including phenoxy) is 1. The lowest BCUT2D eigenvalue weighted by molar-refractivity contribution is 0.0229. The fourth-order valence-electron chi connectivity index (χ4n) is 2.96. The predicted molar refractivity (Wildman–Crippen MR) is 91.2 cm³/mol. The number of imide groups is 1. The van der Waals surface area contributed by atoms with Crippen LogP contribution >= 0.6 is 0 Å². The molecule has 0 N–H and O–H groups in total. The topological polar surface area (TPSA) is 63.7 Å². The Labute approximate surface area is 143 Å². The number of carbonyl (C=O) groups excluding carboxylic acids is 3. The minimum Gasteiger partial charge on any atom is -0.440 e. The molecular formula is C20H13NO4. The van der Waals surface area contributed by atoms with Crippen molar-refractivity contribution in [1.29, 1.82) is 0 Å². The van der Waals surface area contributed by atoms with Crippen molar-refractivity contribution in [2.45, 2.75) is 0 Å². The summed E-state index contributed by atoms with van der Waals surface area (Å²) >= 11 is 0. The number of amides is 2. The van der Waals surface area contributed by atoms with Crippen LogP contribution in [0.2, 0.25) is 0 Å². The smallest absolute Gasteiger partial charge is 0.340 e. The number of benzene rings is 3. The summed E-state index contributed by atoms with van der Waals surface area (Å²) in [7, 11) is 0. The van der Waals surface area contributed by atoms with Gasteiger partial charge < -0.3 is 4.74 Å². The van der Waals surface area contributed by atoms with Crippen molar-refractivity contribution in [3.63, 3.8) is 0 Å². The lowest BCUT2D eigenvalue weighted by Crippen LogP contribution is -2.33. The lowest BCUT2D eigenvalue weighted by Gasteiger charge is -2.14. The molecular weight excluding hydrogens is 318 g/mol. The van der Waals surface area contributed by atoms with E-state index < -0.39 is 24.5 Å². The van der Waals surface area contributed by atoms with E-state index >= 15 is 0 Å².